The Hall–Kier alpha value is -1.06. The number of rotatable bonds is 3. The highest BCUT2D eigenvalue weighted by molar-refractivity contribution is 6.33. The van der Waals surface area contributed by atoms with Crippen molar-refractivity contribution in [1.29, 1.82) is 0 Å². The first-order valence-corrected chi connectivity index (χ1v) is 6.32. The van der Waals surface area contributed by atoms with Crippen molar-refractivity contribution in [2.75, 3.05) is 25.0 Å². The Labute approximate surface area is 107 Å². The molecule has 1 amide bonds. The number of nitrogens with one attached hydrogen (secondary N) is 1. The fourth-order valence-corrected chi connectivity index (χ4v) is 2.38. The molecule has 1 aromatic rings. The van der Waals surface area contributed by atoms with Gasteiger partial charge in [-0.25, -0.2) is 0 Å². The molecule has 0 unspecified atom stereocenters. The van der Waals surface area contributed by atoms with Crippen LogP contribution in [0.3, 0.4) is 0 Å². The number of likely N-dealkylation sites (tertiary alicyclic amines) is 1. The number of aryl methyl sites for hydroxylation is 1. The summed E-state index contributed by atoms with van der Waals surface area (Å²) >= 11 is 6.06. The number of para-hydroxylation sites is 1. The predicted molar refractivity (Wildman–Crippen MR) is 70.5 cm³/mol. The Bertz CT molecular complexity index is 394. The minimum atomic E-state index is 0.0168. The number of halogens is 1. The molecule has 1 aliphatic rings. The number of amides is 1. The van der Waals surface area contributed by atoms with Gasteiger partial charge in [0.05, 0.1) is 17.3 Å². The van der Waals surface area contributed by atoms with Gasteiger partial charge in [0.25, 0.3) is 0 Å². The van der Waals surface area contributed by atoms with Crippen molar-refractivity contribution in [1.82, 2.24) is 4.90 Å². The molecule has 0 saturated carbocycles. The summed E-state index contributed by atoms with van der Waals surface area (Å²) in [5, 5.41) is 3.49. The van der Waals surface area contributed by atoms with Gasteiger partial charge in [-0.05, 0) is 44.5 Å². The van der Waals surface area contributed by atoms with E-state index in [1.165, 1.54) is 12.8 Å². The maximum absolute atomic E-state index is 11.9. The van der Waals surface area contributed by atoms with Crippen LogP contribution in [-0.2, 0) is 4.79 Å². The van der Waals surface area contributed by atoms with E-state index in [0.29, 0.717) is 11.6 Å². The molecular weight excluding hydrogens is 236 g/mol. The van der Waals surface area contributed by atoms with Gasteiger partial charge in [-0.3, -0.25) is 9.69 Å². The summed E-state index contributed by atoms with van der Waals surface area (Å²) in [4.78, 5) is 14.0. The van der Waals surface area contributed by atoms with Crippen LogP contribution < -0.4 is 5.32 Å². The summed E-state index contributed by atoms with van der Waals surface area (Å²) in [6, 6.07) is 5.62. The summed E-state index contributed by atoms with van der Waals surface area (Å²) < 4.78 is 0. The van der Waals surface area contributed by atoms with E-state index in [4.69, 9.17) is 11.6 Å². The maximum Gasteiger partial charge on any atom is 0.238 e. The first-order valence-electron chi connectivity index (χ1n) is 5.94. The summed E-state index contributed by atoms with van der Waals surface area (Å²) in [5.74, 6) is 0.0168. The zero-order chi connectivity index (χ0) is 12.3. The summed E-state index contributed by atoms with van der Waals surface area (Å²) in [5.41, 5.74) is 1.73. The highest BCUT2D eigenvalue weighted by atomic mass is 35.5. The smallest absolute Gasteiger partial charge is 0.238 e. The minimum absolute atomic E-state index is 0.0168. The monoisotopic (exact) mass is 252 g/mol. The Balaban J connectivity index is 1.97. The molecular formula is C13H17ClN2O. The van der Waals surface area contributed by atoms with Crippen LogP contribution in [0.1, 0.15) is 18.4 Å². The second kappa shape index (κ2) is 5.52. The third kappa shape index (κ3) is 3.20. The lowest BCUT2D eigenvalue weighted by atomic mass is 10.2. The van der Waals surface area contributed by atoms with Crippen LogP contribution >= 0.6 is 11.6 Å². The van der Waals surface area contributed by atoms with Gasteiger partial charge in [0, 0.05) is 0 Å². The van der Waals surface area contributed by atoms with Crippen molar-refractivity contribution in [2.45, 2.75) is 19.8 Å². The molecule has 0 spiro atoms. The van der Waals surface area contributed by atoms with Gasteiger partial charge < -0.3 is 5.32 Å². The van der Waals surface area contributed by atoms with Crippen LogP contribution in [0.25, 0.3) is 0 Å². The van der Waals surface area contributed by atoms with Gasteiger partial charge in [-0.1, -0.05) is 23.7 Å². The SMILES string of the molecule is Cc1cccc(Cl)c1NC(=O)CN1CCCC1. The number of hydrogen-bond acceptors (Lipinski definition) is 2. The lowest BCUT2D eigenvalue weighted by Gasteiger charge is -2.15. The molecule has 0 radical (unpaired) electrons. The largest absolute Gasteiger partial charge is 0.323 e. The highest BCUT2D eigenvalue weighted by Crippen LogP contribution is 2.25. The normalized spacial score (nSPS) is 16.1. The predicted octanol–water partition coefficient (Wildman–Crippen LogP) is 2.68. The molecule has 0 aromatic heterocycles. The van der Waals surface area contributed by atoms with Crippen molar-refractivity contribution in [2.24, 2.45) is 0 Å². The zero-order valence-corrected chi connectivity index (χ0v) is 10.8. The molecule has 17 heavy (non-hydrogen) atoms. The minimum Gasteiger partial charge on any atom is -0.323 e. The van der Waals surface area contributed by atoms with E-state index in [9.17, 15) is 4.79 Å². The van der Waals surface area contributed by atoms with Crippen molar-refractivity contribution in [3.05, 3.63) is 28.8 Å². The van der Waals surface area contributed by atoms with E-state index >= 15 is 0 Å². The Morgan fingerprint density at radius 3 is 2.76 bits per heavy atom. The van der Waals surface area contributed by atoms with E-state index in [1.807, 2.05) is 19.1 Å². The number of carbonyl (C=O) groups excluding carboxylic acids is 1. The van der Waals surface area contributed by atoms with Crippen molar-refractivity contribution in [3.8, 4) is 0 Å². The average Bonchev–Trinajstić information content (AvgIpc) is 2.76. The molecule has 1 heterocycles. The summed E-state index contributed by atoms with van der Waals surface area (Å²) in [6.07, 6.45) is 2.39. The van der Waals surface area contributed by atoms with Crippen LogP contribution in [0.5, 0.6) is 0 Å². The van der Waals surface area contributed by atoms with Gasteiger partial charge in [0.2, 0.25) is 5.91 Å². The molecule has 1 saturated heterocycles. The van der Waals surface area contributed by atoms with Gasteiger partial charge in [-0.15, -0.1) is 0 Å². The Morgan fingerprint density at radius 2 is 2.12 bits per heavy atom. The third-order valence-corrected chi connectivity index (χ3v) is 3.37. The summed E-state index contributed by atoms with van der Waals surface area (Å²) in [6.45, 7) is 4.45. The van der Waals surface area contributed by atoms with E-state index in [1.54, 1.807) is 6.07 Å². The molecule has 1 N–H and O–H groups in total. The lowest BCUT2D eigenvalue weighted by molar-refractivity contribution is -0.117. The standard InChI is InChI=1S/C13H17ClN2O/c1-10-5-4-6-11(14)13(10)15-12(17)9-16-7-2-3-8-16/h4-6H,2-3,7-9H2,1H3,(H,15,17). The molecule has 2 rings (SSSR count). The van der Waals surface area contributed by atoms with Gasteiger partial charge in [0.1, 0.15) is 0 Å². The molecule has 0 bridgehead atoms. The van der Waals surface area contributed by atoms with Crippen molar-refractivity contribution in [3.63, 3.8) is 0 Å². The van der Waals surface area contributed by atoms with Gasteiger partial charge in [-0.2, -0.15) is 0 Å². The molecule has 1 aromatic carbocycles. The number of nitrogens with zero attached hydrogens (tertiary/aromatic N) is 1. The first-order chi connectivity index (χ1) is 8.16. The van der Waals surface area contributed by atoms with Crippen LogP contribution in [0, 0.1) is 6.92 Å². The zero-order valence-electron chi connectivity index (χ0n) is 10.0. The second-order valence-corrected chi connectivity index (χ2v) is 4.87. The number of hydrogen-bond donors (Lipinski definition) is 1. The topological polar surface area (TPSA) is 32.3 Å². The van der Waals surface area contributed by atoms with Crippen LogP contribution in [0.15, 0.2) is 18.2 Å². The maximum atomic E-state index is 11.9. The van der Waals surface area contributed by atoms with Crippen LogP contribution in [-0.4, -0.2) is 30.4 Å². The summed E-state index contributed by atoms with van der Waals surface area (Å²) in [7, 11) is 0. The fraction of sp³-hybridized carbons (Fsp3) is 0.462. The van der Waals surface area contributed by atoms with Crippen LogP contribution in [0.2, 0.25) is 5.02 Å². The molecule has 1 aliphatic heterocycles. The van der Waals surface area contributed by atoms with Crippen LogP contribution in [0.4, 0.5) is 5.69 Å². The quantitative estimate of drug-likeness (QED) is 0.897. The molecule has 1 fully saturated rings. The number of carbonyl (C=O) groups is 1. The fourth-order valence-electron chi connectivity index (χ4n) is 2.11. The molecule has 92 valence electrons. The molecule has 0 atom stereocenters. The van der Waals surface area contributed by atoms with E-state index in [0.717, 1.165) is 24.3 Å². The number of anilines is 1. The molecule has 3 nitrogen and oxygen atoms in total. The lowest BCUT2D eigenvalue weighted by Crippen LogP contribution is -2.31. The second-order valence-electron chi connectivity index (χ2n) is 4.46. The van der Waals surface area contributed by atoms with Crippen molar-refractivity contribution >= 4 is 23.2 Å². The number of benzene rings is 1. The first kappa shape index (κ1) is 12.4. The van der Waals surface area contributed by atoms with E-state index in [-0.39, 0.29) is 5.91 Å². The van der Waals surface area contributed by atoms with E-state index in [2.05, 4.69) is 10.2 Å². The highest BCUT2D eigenvalue weighted by Gasteiger charge is 2.16. The van der Waals surface area contributed by atoms with E-state index < -0.39 is 0 Å². The molecule has 0 aliphatic carbocycles. The van der Waals surface area contributed by atoms with Crippen molar-refractivity contribution < 1.29 is 4.79 Å². The van der Waals surface area contributed by atoms with Gasteiger partial charge in [0.15, 0.2) is 0 Å². The average molecular weight is 253 g/mol. The van der Waals surface area contributed by atoms with Gasteiger partial charge >= 0.3 is 0 Å². The Kier molecular flexibility index (Phi) is 4.02. The molecule has 4 heteroatoms. The third-order valence-electron chi connectivity index (χ3n) is 3.05. The Morgan fingerprint density at radius 1 is 1.41 bits per heavy atom.